The van der Waals surface area contributed by atoms with Crippen molar-refractivity contribution in [2.24, 2.45) is 17.6 Å². The standard InChI is InChI=1S/C12H24N2O/c1-9-5-4-6-10(9)8-14-11(15)7-12(2,3)13/h9-10H,4-8,13H2,1-3H3,(H,14,15). The lowest BCUT2D eigenvalue weighted by atomic mass is 9.97. The molecule has 0 saturated heterocycles. The first-order valence-corrected chi connectivity index (χ1v) is 5.94. The fourth-order valence-electron chi connectivity index (χ4n) is 2.25. The van der Waals surface area contributed by atoms with Crippen molar-refractivity contribution in [3.05, 3.63) is 0 Å². The molecular weight excluding hydrogens is 188 g/mol. The largest absolute Gasteiger partial charge is 0.356 e. The molecule has 3 heteroatoms. The Morgan fingerprint density at radius 1 is 1.47 bits per heavy atom. The Kier molecular flexibility index (Phi) is 4.14. The van der Waals surface area contributed by atoms with E-state index < -0.39 is 5.54 Å². The predicted octanol–water partition coefficient (Wildman–Crippen LogP) is 1.67. The Bertz CT molecular complexity index is 220. The first kappa shape index (κ1) is 12.5. The second-order valence-electron chi connectivity index (χ2n) is 5.64. The van der Waals surface area contributed by atoms with Crippen LogP contribution in [0.1, 0.15) is 46.5 Å². The van der Waals surface area contributed by atoms with Crippen LogP contribution in [0.3, 0.4) is 0 Å². The van der Waals surface area contributed by atoms with E-state index in [1.54, 1.807) is 0 Å². The van der Waals surface area contributed by atoms with Gasteiger partial charge in [-0.15, -0.1) is 0 Å². The molecule has 0 bridgehead atoms. The molecule has 1 amide bonds. The summed E-state index contributed by atoms with van der Waals surface area (Å²) in [5.41, 5.74) is 5.39. The average Bonchev–Trinajstić information content (AvgIpc) is 2.44. The van der Waals surface area contributed by atoms with Gasteiger partial charge in [-0.05, 0) is 32.1 Å². The van der Waals surface area contributed by atoms with Gasteiger partial charge in [0, 0.05) is 18.5 Å². The summed E-state index contributed by atoms with van der Waals surface area (Å²) in [5.74, 6) is 1.52. The molecule has 0 aliphatic heterocycles. The summed E-state index contributed by atoms with van der Waals surface area (Å²) in [6.45, 7) is 6.86. The van der Waals surface area contributed by atoms with Crippen LogP contribution in [0.2, 0.25) is 0 Å². The van der Waals surface area contributed by atoms with Gasteiger partial charge in [0.1, 0.15) is 0 Å². The minimum atomic E-state index is -0.397. The molecule has 0 radical (unpaired) electrons. The van der Waals surface area contributed by atoms with E-state index >= 15 is 0 Å². The molecule has 0 aromatic rings. The molecule has 3 N–H and O–H groups in total. The summed E-state index contributed by atoms with van der Waals surface area (Å²) in [6, 6.07) is 0. The highest BCUT2D eigenvalue weighted by atomic mass is 16.1. The second-order valence-corrected chi connectivity index (χ2v) is 5.64. The zero-order valence-corrected chi connectivity index (χ0v) is 10.2. The Balaban J connectivity index is 2.22. The zero-order valence-electron chi connectivity index (χ0n) is 10.2. The highest BCUT2D eigenvalue weighted by molar-refractivity contribution is 5.77. The average molecular weight is 212 g/mol. The number of rotatable bonds is 4. The van der Waals surface area contributed by atoms with E-state index in [1.165, 1.54) is 19.3 Å². The highest BCUT2D eigenvalue weighted by Gasteiger charge is 2.24. The topological polar surface area (TPSA) is 55.1 Å². The van der Waals surface area contributed by atoms with E-state index in [2.05, 4.69) is 12.2 Å². The molecule has 1 aliphatic carbocycles. The molecule has 2 atom stereocenters. The number of amides is 1. The van der Waals surface area contributed by atoms with E-state index in [0.717, 1.165) is 12.5 Å². The van der Waals surface area contributed by atoms with Crippen molar-refractivity contribution in [1.82, 2.24) is 5.32 Å². The molecule has 1 rings (SSSR count). The van der Waals surface area contributed by atoms with Crippen LogP contribution in [0.4, 0.5) is 0 Å². The quantitative estimate of drug-likeness (QED) is 0.744. The van der Waals surface area contributed by atoms with Crippen molar-refractivity contribution in [1.29, 1.82) is 0 Å². The van der Waals surface area contributed by atoms with Gasteiger partial charge in [0.25, 0.3) is 0 Å². The predicted molar refractivity (Wildman–Crippen MR) is 62.4 cm³/mol. The molecule has 88 valence electrons. The van der Waals surface area contributed by atoms with Crippen LogP contribution in [-0.4, -0.2) is 18.0 Å². The molecule has 0 spiro atoms. The monoisotopic (exact) mass is 212 g/mol. The Morgan fingerprint density at radius 3 is 2.60 bits per heavy atom. The number of nitrogens with two attached hydrogens (primary N) is 1. The first-order chi connectivity index (χ1) is 6.88. The molecule has 1 aliphatic rings. The summed E-state index contributed by atoms with van der Waals surface area (Å²) in [6.07, 6.45) is 4.29. The maximum Gasteiger partial charge on any atom is 0.221 e. The maximum absolute atomic E-state index is 11.5. The van der Waals surface area contributed by atoms with E-state index in [4.69, 9.17) is 5.73 Å². The normalized spacial score (nSPS) is 26.7. The number of hydrogen-bond donors (Lipinski definition) is 2. The van der Waals surface area contributed by atoms with Gasteiger partial charge in [-0.1, -0.05) is 19.8 Å². The van der Waals surface area contributed by atoms with E-state index in [-0.39, 0.29) is 5.91 Å². The summed E-state index contributed by atoms with van der Waals surface area (Å²) in [7, 11) is 0. The third-order valence-electron chi connectivity index (χ3n) is 3.22. The minimum absolute atomic E-state index is 0.0848. The summed E-state index contributed by atoms with van der Waals surface area (Å²) in [4.78, 5) is 11.5. The van der Waals surface area contributed by atoms with Crippen LogP contribution in [0, 0.1) is 11.8 Å². The first-order valence-electron chi connectivity index (χ1n) is 5.94. The van der Waals surface area contributed by atoms with Crippen LogP contribution < -0.4 is 11.1 Å². The molecule has 15 heavy (non-hydrogen) atoms. The third kappa shape index (κ3) is 4.65. The van der Waals surface area contributed by atoms with Crippen LogP contribution in [-0.2, 0) is 4.79 Å². The Hall–Kier alpha value is -0.570. The maximum atomic E-state index is 11.5. The van der Waals surface area contributed by atoms with Gasteiger partial charge in [0.2, 0.25) is 5.91 Å². The molecule has 1 fully saturated rings. The van der Waals surface area contributed by atoms with Gasteiger partial charge >= 0.3 is 0 Å². The molecule has 0 aromatic carbocycles. The SMILES string of the molecule is CC1CCCC1CNC(=O)CC(C)(C)N. The van der Waals surface area contributed by atoms with Crippen molar-refractivity contribution in [3.8, 4) is 0 Å². The fraction of sp³-hybridized carbons (Fsp3) is 0.917. The molecule has 3 nitrogen and oxygen atoms in total. The molecule has 2 unspecified atom stereocenters. The zero-order chi connectivity index (χ0) is 11.5. The summed E-state index contributed by atoms with van der Waals surface area (Å²) in [5, 5.41) is 2.99. The lowest BCUT2D eigenvalue weighted by molar-refractivity contribution is -0.122. The molecular formula is C12H24N2O. The van der Waals surface area contributed by atoms with Crippen molar-refractivity contribution in [3.63, 3.8) is 0 Å². The molecule has 1 saturated carbocycles. The van der Waals surface area contributed by atoms with Gasteiger partial charge in [-0.3, -0.25) is 4.79 Å². The van der Waals surface area contributed by atoms with Crippen molar-refractivity contribution >= 4 is 5.91 Å². The summed E-state index contributed by atoms with van der Waals surface area (Å²) >= 11 is 0. The Labute approximate surface area is 92.8 Å². The number of nitrogens with one attached hydrogen (secondary N) is 1. The van der Waals surface area contributed by atoms with Crippen LogP contribution in [0.15, 0.2) is 0 Å². The van der Waals surface area contributed by atoms with E-state index in [1.807, 2.05) is 13.8 Å². The minimum Gasteiger partial charge on any atom is -0.356 e. The number of carbonyl (C=O) groups excluding carboxylic acids is 1. The van der Waals surface area contributed by atoms with Crippen LogP contribution >= 0.6 is 0 Å². The van der Waals surface area contributed by atoms with Gasteiger partial charge in [-0.25, -0.2) is 0 Å². The fourth-order valence-corrected chi connectivity index (χ4v) is 2.25. The van der Waals surface area contributed by atoms with Gasteiger partial charge in [0.05, 0.1) is 0 Å². The summed E-state index contributed by atoms with van der Waals surface area (Å²) < 4.78 is 0. The molecule has 0 aromatic heterocycles. The van der Waals surface area contributed by atoms with Crippen molar-refractivity contribution < 1.29 is 4.79 Å². The Morgan fingerprint density at radius 2 is 2.13 bits per heavy atom. The van der Waals surface area contributed by atoms with Gasteiger partial charge < -0.3 is 11.1 Å². The third-order valence-corrected chi connectivity index (χ3v) is 3.22. The number of carbonyl (C=O) groups is 1. The van der Waals surface area contributed by atoms with Crippen LogP contribution in [0.5, 0.6) is 0 Å². The van der Waals surface area contributed by atoms with Crippen LogP contribution in [0.25, 0.3) is 0 Å². The molecule has 0 heterocycles. The number of hydrogen-bond acceptors (Lipinski definition) is 2. The second kappa shape index (κ2) is 4.97. The van der Waals surface area contributed by atoms with Gasteiger partial charge in [-0.2, -0.15) is 0 Å². The van der Waals surface area contributed by atoms with Gasteiger partial charge in [0.15, 0.2) is 0 Å². The van der Waals surface area contributed by atoms with E-state index in [9.17, 15) is 4.79 Å². The van der Waals surface area contributed by atoms with E-state index in [0.29, 0.717) is 12.3 Å². The lowest BCUT2D eigenvalue weighted by Gasteiger charge is -2.20. The lowest BCUT2D eigenvalue weighted by Crippen LogP contribution is -2.40. The highest BCUT2D eigenvalue weighted by Crippen LogP contribution is 2.30. The smallest absolute Gasteiger partial charge is 0.221 e. The van der Waals surface area contributed by atoms with Crippen molar-refractivity contribution in [2.45, 2.75) is 52.0 Å². The van der Waals surface area contributed by atoms with Crippen molar-refractivity contribution in [2.75, 3.05) is 6.54 Å².